The minimum absolute atomic E-state index is 0.175. The molecule has 0 bridgehead atoms. The third-order valence-electron chi connectivity index (χ3n) is 10.8. The zero-order valence-electron chi connectivity index (χ0n) is 31.9. The Balaban J connectivity index is 1.49. The Morgan fingerprint density at radius 1 is 0.358 bits per heavy atom. The molecule has 0 fully saturated rings. The minimum Gasteiger partial charge on any atom is -0.319 e. The van der Waals surface area contributed by atoms with E-state index in [4.69, 9.17) is 0 Å². The lowest BCUT2D eigenvalue weighted by Crippen LogP contribution is -2.02. The molecule has 0 aliphatic carbocycles. The first-order chi connectivity index (χ1) is 25.4. The molecule has 0 saturated carbocycles. The SMILES string of the molecule is CP(C)c1ccc(-c2cc(-c3ccc(P(C)C)cc3)c3ccc4c(-c5ccc(P(C)(C)=O)cc5)cc(-c5ccc(P(C)C)cc5)c5ccc2c3c54)cc1. The van der Waals surface area contributed by atoms with Gasteiger partial charge >= 0.3 is 0 Å². The second-order valence-corrected chi connectivity index (χ2v) is 25.4. The van der Waals surface area contributed by atoms with Crippen molar-refractivity contribution in [3.63, 3.8) is 0 Å². The van der Waals surface area contributed by atoms with Crippen LogP contribution in [-0.2, 0) is 4.57 Å². The molecule has 1 nitrogen and oxygen atoms in total. The van der Waals surface area contributed by atoms with Crippen LogP contribution in [0.2, 0.25) is 0 Å². The average Bonchev–Trinajstić information content (AvgIpc) is 3.16. The standard InChI is InChI=1S/C48H46OP4/c1-50(2)35-17-9-31(10-18-35)43-29-44(32-11-19-36(20-12-32)51(3)4)40-27-28-42-46(34-15-23-38(24-16-34)53(7,8)49)30-45(33-13-21-37(22-14-33)52(5)6)41-26-25-39(43)47(40)48(41)42/h9-30H,1-8H3. The summed E-state index contributed by atoms with van der Waals surface area (Å²) in [6, 6.07) is 50.6. The molecule has 0 heterocycles. The molecule has 0 amide bonds. The Kier molecular flexibility index (Phi) is 9.72. The molecule has 0 atom stereocenters. The Morgan fingerprint density at radius 3 is 0.830 bits per heavy atom. The van der Waals surface area contributed by atoms with Crippen molar-refractivity contribution in [2.24, 2.45) is 0 Å². The molecule has 53 heavy (non-hydrogen) atoms. The summed E-state index contributed by atoms with van der Waals surface area (Å²) in [7, 11) is -2.91. The molecule has 0 aromatic heterocycles. The Hall–Kier alpha value is -3.68. The highest BCUT2D eigenvalue weighted by molar-refractivity contribution is 7.70. The summed E-state index contributed by atoms with van der Waals surface area (Å²) in [5.74, 6) is 0. The van der Waals surface area contributed by atoms with Crippen molar-refractivity contribution in [2.45, 2.75) is 0 Å². The molecular weight excluding hydrogens is 716 g/mol. The highest BCUT2D eigenvalue weighted by Gasteiger charge is 2.22. The van der Waals surface area contributed by atoms with Crippen molar-refractivity contribution in [3.05, 3.63) is 133 Å². The predicted molar refractivity (Wildman–Crippen MR) is 246 cm³/mol. The normalized spacial score (nSPS) is 12.4. The molecule has 5 heteroatoms. The molecule has 0 saturated heterocycles. The van der Waals surface area contributed by atoms with E-state index in [1.54, 1.807) is 0 Å². The van der Waals surface area contributed by atoms with Crippen LogP contribution in [0.1, 0.15) is 0 Å². The molecule has 0 radical (unpaired) electrons. The minimum atomic E-state index is -2.38. The van der Waals surface area contributed by atoms with E-state index in [1.807, 2.05) is 13.3 Å². The first kappa shape index (κ1) is 36.3. The Labute approximate surface area is 318 Å². The van der Waals surface area contributed by atoms with Gasteiger partial charge in [-0.05, 0) is 158 Å². The number of rotatable bonds is 8. The van der Waals surface area contributed by atoms with Crippen molar-refractivity contribution in [2.75, 3.05) is 53.3 Å². The summed E-state index contributed by atoms with van der Waals surface area (Å²) in [6.45, 7) is 17.6. The third kappa shape index (κ3) is 6.71. The van der Waals surface area contributed by atoms with E-state index < -0.39 is 7.14 Å². The van der Waals surface area contributed by atoms with Crippen molar-refractivity contribution in [3.8, 4) is 44.5 Å². The fourth-order valence-electron chi connectivity index (χ4n) is 7.77. The van der Waals surface area contributed by atoms with Crippen LogP contribution in [0.25, 0.3) is 76.8 Å². The van der Waals surface area contributed by atoms with Gasteiger partial charge in [-0.2, -0.15) is 0 Å². The second kappa shape index (κ2) is 14.2. The van der Waals surface area contributed by atoms with Gasteiger partial charge in [-0.25, -0.2) is 0 Å². The second-order valence-electron chi connectivity index (χ2n) is 15.2. The topological polar surface area (TPSA) is 17.1 Å². The molecule has 0 N–H and O–H groups in total. The van der Waals surface area contributed by atoms with Gasteiger partial charge in [-0.3, -0.25) is 0 Å². The molecule has 8 rings (SSSR count). The van der Waals surface area contributed by atoms with Gasteiger partial charge in [0.2, 0.25) is 0 Å². The van der Waals surface area contributed by atoms with Crippen LogP contribution >= 0.6 is 30.9 Å². The fraction of sp³-hybridized carbons (Fsp3) is 0.167. The summed E-state index contributed by atoms with van der Waals surface area (Å²) < 4.78 is 13.0. The molecule has 0 aliphatic heterocycles. The van der Waals surface area contributed by atoms with Crippen LogP contribution < -0.4 is 21.2 Å². The molecule has 264 valence electrons. The van der Waals surface area contributed by atoms with Crippen LogP contribution in [0, 0.1) is 0 Å². The van der Waals surface area contributed by atoms with E-state index in [9.17, 15) is 4.57 Å². The van der Waals surface area contributed by atoms with Gasteiger partial charge in [0, 0.05) is 5.30 Å². The van der Waals surface area contributed by atoms with E-state index >= 15 is 0 Å². The lowest BCUT2D eigenvalue weighted by atomic mass is 9.82. The maximum atomic E-state index is 13.0. The predicted octanol–water partition coefficient (Wildman–Crippen LogP) is 12.6. The van der Waals surface area contributed by atoms with E-state index in [0.717, 1.165) is 10.9 Å². The summed E-state index contributed by atoms with van der Waals surface area (Å²) in [6.07, 6.45) is 0. The molecule has 8 aromatic carbocycles. The first-order valence-corrected chi connectivity index (χ1v) is 27.5. The summed E-state index contributed by atoms with van der Waals surface area (Å²) >= 11 is 0. The Morgan fingerprint density at radius 2 is 0.604 bits per heavy atom. The quantitative estimate of drug-likeness (QED) is 0.111. The van der Waals surface area contributed by atoms with E-state index in [2.05, 4.69) is 173 Å². The highest BCUT2D eigenvalue weighted by Crippen LogP contribution is 2.49. The van der Waals surface area contributed by atoms with Gasteiger partial charge in [0.05, 0.1) is 0 Å². The average molecular weight is 763 g/mol. The molecule has 0 unspecified atom stereocenters. The monoisotopic (exact) mass is 762 g/mol. The van der Waals surface area contributed by atoms with Gasteiger partial charge in [-0.15, -0.1) is 0 Å². The van der Waals surface area contributed by atoms with Crippen LogP contribution in [0.4, 0.5) is 0 Å². The molecular formula is C48H46OP4. The maximum Gasteiger partial charge on any atom is 0.109 e. The van der Waals surface area contributed by atoms with Gasteiger partial charge in [0.1, 0.15) is 7.14 Å². The van der Waals surface area contributed by atoms with E-state index in [-0.39, 0.29) is 23.8 Å². The summed E-state index contributed by atoms with van der Waals surface area (Å²) in [5, 5.41) is 12.8. The van der Waals surface area contributed by atoms with Crippen molar-refractivity contribution in [1.82, 2.24) is 0 Å². The largest absolute Gasteiger partial charge is 0.319 e. The number of hydrogen-bond acceptors (Lipinski definition) is 1. The van der Waals surface area contributed by atoms with Crippen LogP contribution in [0.5, 0.6) is 0 Å². The lowest BCUT2D eigenvalue weighted by molar-refractivity contribution is 0.588. The zero-order chi connectivity index (χ0) is 37.2. The van der Waals surface area contributed by atoms with Gasteiger partial charge in [-0.1, -0.05) is 145 Å². The summed E-state index contributed by atoms with van der Waals surface area (Å²) in [5.41, 5.74) is 9.84. The first-order valence-electron chi connectivity index (χ1n) is 18.2. The van der Waals surface area contributed by atoms with Gasteiger partial charge in [0.15, 0.2) is 0 Å². The highest BCUT2D eigenvalue weighted by atomic mass is 31.2. The van der Waals surface area contributed by atoms with Crippen molar-refractivity contribution < 1.29 is 4.57 Å². The summed E-state index contributed by atoms with van der Waals surface area (Å²) in [4.78, 5) is 0. The van der Waals surface area contributed by atoms with Gasteiger partial charge in [0.25, 0.3) is 0 Å². The van der Waals surface area contributed by atoms with E-state index in [1.165, 1.54) is 87.2 Å². The number of hydrogen-bond donors (Lipinski definition) is 0. The Bertz CT molecular complexity index is 2580. The molecule has 0 aliphatic rings. The van der Waals surface area contributed by atoms with Crippen LogP contribution in [0.3, 0.4) is 0 Å². The van der Waals surface area contributed by atoms with Crippen LogP contribution in [0.15, 0.2) is 133 Å². The van der Waals surface area contributed by atoms with E-state index in [0.29, 0.717) is 0 Å². The fourth-order valence-corrected chi connectivity index (χ4v) is 10.9. The smallest absolute Gasteiger partial charge is 0.109 e. The van der Waals surface area contributed by atoms with Gasteiger partial charge < -0.3 is 4.57 Å². The van der Waals surface area contributed by atoms with Crippen molar-refractivity contribution >= 4 is 84.4 Å². The zero-order valence-corrected chi connectivity index (χ0v) is 35.5. The van der Waals surface area contributed by atoms with Crippen LogP contribution in [-0.4, -0.2) is 53.3 Å². The molecule has 8 aromatic rings. The lowest BCUT2D eigenvalue weighted by Gasteiger charge is -2.22. The van der Waals surface area contributed by atoms with Crippen molar-refractivity contribution in [1.29, 1.82) is 0 Å². The third-order valence-corrected chi connectivity index (χ3v) is 16.3. The molecule has 0 spiro atoms. The number of benzene rings is 8. The maximum absolute atomic E-state index is 13.0.